The first-order valence-corrected chi connectivity index (χ1v) is 16.8. The van der Waals surface area contributed by atoms with E-state index in [-0.39, 0.29) is 0 Å². The van der Waals surface area contributed by atoms with Crippen molar-refractivity contribution in [3.8, 4) is 11.4 Å². The Morgan fingerprint density at radius 2 is 0.804 bits per heavy atom. The van der Waals surface area contributed by atoms with Gasteiger partial charge in [0.1, 0.15) is 0 Å². The first-order chi connectivity index (χ1) is 39.5. The summed E-state index contributed by atoms with van der Waals surface area (Å²) in [6, 6.07) is -40.1. The molecule has 10 aromatic rings. The highest BCUT2D eigenvalue weighted by atomic mass is 28.3. The Kier molecular flexibility index (Phi) is 2.57. The van der Waals surface area contributed by atoms with Crippen molar-refractivity contribution in [1.29, 1.82) is 0 Å². The van der Waals surface area contributed by atoms with Gasteiger partial charge in [-0.25, -0.2) is 0 Å². The lowest BCUT2D eigenvalue weighted by molar-refractivity contribution is 1.18. The Balaban J connectivity index is 1.63. The third kappa shape index (κ3) is 4.42. The number of fused-ring (bicyclic) bond motifs is 7. The largest absolute Gasteiger partial charge is 0.309 e. The summed E-state index contributed by atoms with van der Waals surface area (Å²) >= 11 is 0. The molecule has 0 radical (unpaired) electrons. The topological polar surface area (TPSA) is 9.86 Å². The van der Waals surface area contributed by atoms with Crippen molar-refractivity contribution in [2.24, 2.45) is 0 Å². The van der Waals surface area contributed by atoms with E-state index in [2.05, 4.69) is 0 Å². The first kappa shape index (κ1) is 11.0. The zero-order chi connectivity index (χ0) is 63.4. The van der Waals surface area contributed by atoms with E-state index in [0.717, 1.165) is 0 Å². The van der Waals surface area contributed by atoms with Gasteiger partial charge in [0.15, 0.2) is 8.07 Å². The van der Waals surface area contributed by atoms with Gasteiger partial charge in [-0.1, -0.05) is 163 Å². The molecule has 0 unspecified atom stereocenters. The van der Waals surface area contributed by atoms with E-state index in [4.69, 9.17) is 24.7 Å². The Morgan fingerprint density at radius 1 is 0.333 bits per heavy atom. The highest BCUT2D eigenvalue weighted by Gasteiger charge is 2.41. The Bertz CT molecular complexity index is 4550. The second-order valence-electron chi connectivity index (χ2n) is 10.8. The number of hydrogen-bond acceptors (Lipinski definition) is 0. The van der Waals surface area contributed by atoms with Gasteiger partial charge in [0, 0.05) is 32.9 Å². The lowest BCUT2D eigenvalue weighted by Gasteiger charge is -2.34. The lowest BCUT2D eigenvalue weighted by Crippen LogP contribution is -2.74. The van der Waals surface area contributed by atoms with Gasteiger partial charge in [0.25, 0.3) is 0 Å². The highest BCUT2D eigenvalue weighted by Crippen LogP contribution is 2.41. The molecule has 0 amide bonds. The molecular formula is C48H34N2Si. The summed E-state index contributed by atoms with van der Waals surface area (Å²) in [5.74, 6) is 0. The summed E-state index contributed by atoms with van der Waals surface area (Å²) in [6.07, 6.45) is 0. The molecule has 0 spiro atoms. The van der Waals surface area contributed by atoms with Gasteiger partial charge in [-0.3, -0.25) is 0 Å². The molecule has 3 heteroatoms. The summed E-state index contributed by atoms with van der Waals surface area (Å²) in [6.45, 7) is 0. The van der Waals surface area contributed by atoms with Crippen LogP contribution in [0.2, 0.25) is 0 Å². The zero-order valence-electron chi connectivity index (χ0n) is 59.4. The smallest absolute Gasteiger partial charge is 0.179 e. The van der Waals surface area contributed by atoms with E-state index in [1.807, 2.05) is 0 Å². The molecule has 0 aliphatic heterocycles. The second-order valence-corrected chi connectivity index (χ2v) is 14.3. The summed E-state index contributed by atoms with van der Waals surface area (Å²) in [7, 11) is -6.58. The molecule has 10 rings (SSSR count). The molecular weight excluding hydrogens is 633 g/mol. The van der Waals surface area contributed by atoms with Gasteiger partial charge in [-0.15, -0.1) is 0 Å². The van der Waals surface area contributed by atoms with Gasteiger partial charge >= 0.3 is 0 Å². The molecule has 0 aliphatic carbocycles. The fraction of sp³-hybridized carbons (Fsp3) is 0. The maximum atomic E-state index is 10.6. The molecule has 2 nitrogen and oxygen atoms in total. The minimum absolute atomic E-state index is 0.526. The van der Waals surface area contributed by atoms with Crippen molar-refractivity contribution in [2.45, 2.75) is 0 Å². The van der Waals surface area contributed by atoms with Crippen molar-refractivity contribution >= 4 is 72.4 Å². The molecule has 0 N–H and O–H groups in total. The fourth-order valence-electron chi connectivity index (χ4n) is 6.32. The number of benzene rings is 8. The molecule has 240 valence electrons. The first-order valence-electron chi connectivity index (χ1n) is 31.8. The van der Waals surface area contributed by atoms with Gasteiger partial charge in [0.05, 0.1) is 68.7 Å². The zero-order valence-corrected chi connectivity index (χ0v) is 26.4. The van der Waals surface area contributed by atoms with E-state index < -0.39 is 289 Å². The molecule has 0 fully saturated rings. The molecule has 0 aliphatic rings. The van der Waals surface area contributed by atoms with Crippen LogP contribution in [-0.2, 0) is 0 Å². The summed E-state index contributed by atoms with van der Waals surface area (Å²) < 4.78 is 315. The van der Waals surface area contributed by atoms with Crippen LogP contribution in [0, 0.1) is 0 Å². The van der Waals surface area contributed by atoms with Crippen LogP contribution in [-0.4, -0.2) is 17.2 Å². The van der Waals surface area contributed by atoms with Crippen LogP contribution in [0.25, 0.3) is 55.0 Å². The van der Waals surface area contributed by atoms with Crippen LogP contribution in [0.4, 0.5) is 0 Å². The maximum absolute atomic E-state index is 10.6. The molecule has 2 heterocycles. The molecule has 8 aromatic carbocycles. The SMILES string of the molecule is [2H]c1c([2H])c([2H])c(-n2c3c([2H])c([2H])c([2H])c([2H])c3c3c([2H])c([2H])c4c(c5c([2H])c([2H])c([2H])c([2H])c5n4-c4c([2H])c([2H])c([2H])c([Si](c5c([2H])c([2H])c([2H])c([2H])c5[2H])(c5c([2H])c([2H])c([2H])c([2H])c5[2H])c5c([2H])c([2H])c([2H])c([2H])c5[2H])c4[2H])c32)c([2H])c1[2H]. The highest BCUT2D eigenvalue weighted by molar-refractivity contribution is 7.19. The maximum Gasteiger partial charge on any atom is 0.179 e. The van der Waals surface area contributed by atoms with Crippen molar-refractivity contribution < 1.29 is 46.6 Å². The van der Waals surface area contributed by atoms with Crippen LogP contribution >= 0.6 is 0 Å². The number of aromatic nitrogens is 2. The monoisotopic (exact) mass is 700 g/mol. The van der Waals surface area contributed by atoms with E-state index in [1.165, 1.54) is 0 Å². The van der Waals surface area contributed by atoms with Crippen LogP contribution in [0.5, 0.6) is 0 Å². The predicted octanol–water partition coefficient (Wildman–Crippen LogP) is 9.26. The number of rotatable bonds is 6. The van der Waals surface area contributed by atoms with Crippen LogP contribution in [0.15, 0.2) is 205 Å². The Labute approximate surface area is 345 Å². The van der Waals surface area contributed by atoms with E-state index >= 15 is 0 Å². The fourth-order valence-corrected chi connectivity index (χ4v) is 9.88. The van der Waals surface area contributed by atoms with E-state index in [1.54, 1.807) is 0 Å². The van der Waals surface area contributed by atoms with Gasteiger partial charge in [-0.05, 0) is 63.0 Å². The lowest BCUT2D eigenvalue weighted by atomic mass is 10.1. The average molecular weight is 701 g/mol. The number of hydrogen-bond donors (Lipinski definition) is 0. The predicted molar refractivity (Wildman–Crippen MR) is 219 cm³/mol. The normalized spacial score (nSPS) is 21.3. The quantitative estimate of drug-likeness (QED) is 0.121. The molecule has 0 saturated carbocycles. The summed E-state index contributed by atoms with van der Waals surface area (Å²) in [5, 5.41) is -7.81. The van der Waals surface area contributed by atoms with Crippen molar-refractivity contribution in [3.63, 3.8) is 0 Å². The minimum Gasteiger partial charge on any atom is -0.309 e. The minimum atomic E-state index is -6.58. The standard InChI is InChI=1S/C48H34N2Si/c1-5-18-35(19-6-1)50-44-30-15-13-28-41(44)42-32-33-46-47(48(42)50)43-29-14-16-31-45(43)49(46)36-20-17-27-40(34-36)51(37-21-7-2-8-22-37,38-23-9-3-10-24-38)39-25-11-4-12-26-39/h1-34H/i1D,2D,3D,4D,5D,6D,7D,8D,9D,10D,11D,12D,13D,14D,15D,16D,17D,18D,19D,20D,21D,22D,23D,24D,25D,26D,27D,28D,29D,30D,31D,32D,33D,34D. The van der Waals surface area contributed by atoms with Gasteiger partial charge in [0.2, 0.25) is 0 Å². The van der Waals surface area contributed by atoms with Crippen molar-refractivity contribution in [2.75, 3.05) is 0 Å². The van der Waals surface area contributed by atoms with E-state index in [0.29, 0.717) is 9.13 Å². The summed E-state index contributed by atoms with van der Waals surface area (Å²) in [4.78, 5) is 0. The molecule has 51 heavy (non-hydrogen) atoms. The molecule has 0 atom stereocenters. The Hall–Kier alpha value is -6.42. The number of nitrogens with zero attached hydrogens (tertiary/aromatic N) is 2. The van der Waals surface area contributed by atoms with Gasteiger partial charge < -0.3 is 9.13 Å². The molecule has 0 bridgehead atoms. The Morgan fingerprint density at radius 3 is 1.41 bits per heavy atom. The van der Waals surface area contributed by atoms with Crippen molar-refractivity contribution in [3.05, 3.63) is 205 Å². The summed E-state index contributed by atoms with van der Waals surface area (Å²) in [5.41, 5.74) is -5.36. The van der Waals surface area contributed by atoms with Crippen LogP contribution in [0.3, 0.4) is 0 Å². The van der Waals surface area contributed by atoms with Crippen LogP contribution < -0.4 is 20.7 Å². The molecule has 0 saturated heterocycles. The third-order valence-corrected chi connectivity index (χ3v) is 12.3. The van der Waals surface area contributed by atoms with Gasteiger partial charge in [-0.2, -0.15) is 0 Å². The van der Waals surface area contributed by atoms with Crippen LogP contribution in [0.1, 0.15) is 46.6 Å². The second kappa shape index (κ2) is 11.9. The number of para-hydroxylation sites is 3. The third-order valence-electron chi connectivity index (χ3n) is 8.29. The van der Waals surface area contributed by atoms with Crippen molar-refractivity contribution in [1.82, 2.24) is 9.13 Å². The molecule has 2 aromatic heterocycles. The van der Waals surface area contributed by atoms with E-state index in [9.17, 15) is 21.9 Å². The average Bonchev–Trinajstić information content (AvgIpc) is 1.92.